The molecule has 1 aromatic rings. The molecule has 94 valence electrons. The summed E-state index contributed by atoms with van der Waals surface area (Å²) in [6.07, 6.45) is 4.46. The highest BCUT2D eigenvalue weighted by atomic mass is 32.2. The Morgan fingerprint density at radius 1 is 1.29 bits per heavy atom. The van der Waals surface area contributed by atoms with E-state index in [1.54, 1.807) is 0 Å². The van der Waals surface area contributed by atoms with E-state index in [4.69, 9.17) is 11.5 Å². The SMILES string of the molecule is CC(N)CCC(N)c1ccc2c(c1)CCCS2. The molecule has 0 radical (unpaired) electrons. The summed E-state index contributed by atoms with van der Waals surface area (Å²) >= 11 is 1.97. The predicted octanol–water partition coefficient (Wildman–Crippen LogP) is 2.85. The molecule has 0 bridgehead atoms. The van der Waals surface area contributed by atoms with Crippen molar-refractivity contribution in [3.63, 3.8) is 0 Å². The lowest BCUT2D eigenvalue weighted by molar-refractivity contribution is 0.554. The third-order valence-electron chi connectivity index (χ3n) is 3.29. The summed E-state index contributed by atoms with van der Waals surface area (Å²) in [5.41, 5.74) is 14.7. The van der Waals surface area contributed by atoms with Crippen LogP contribution in [0.25, 0.3) is 0 Å². The summed E-state index contributed by atoms with van der Waals surface area (Å²) in [5.74, 6) is 1.25. The minimum atomic E-state index is 0.137. The molecule has 2 unspecified atom stereocenters. The molecule has 0 fully saturated rings. The van der Waals surface area contributed by atoms with Gasteiger partial charge in [0, 0.05) is 17.0 Å². The molecule has 2 nitrogen and oxygen atoms in total. The van der Waals surface area contributed by atoms with Crippen molar-refractivity contribution in [2.24, 2.45) is 11.5 Å². The number of benzene rings is 1. The second-order valence-electron chi connectivity index (χ2n) is 4.98. The van der Waals surface area contributed by atoms with Crippen molar-refractivity contribution < 1.29 is 0 Å². The van der Waals surface area contributed by atoms with Crippen LogP contribution < -0.4 is 11.5 Å². The topological polar surface area (TPSA) is 52.0 Å². The van der Waals surface area contributed by atoms with Crippen molar-refractivity contribution in [3.8, 4) is 0 Å². The van der Waals surface area contributed by atoms with Crippen LogP contribution in [-0.4, -0.2) is 11.8 Å². The van der Waals surface area contributed by atoms with Gasteiger partial charge in [0.05, 0.1) is 0 Å². The van der Waals surface area contributed by atoms with Crippen molar-refractivity contribution in [2.75, 3.05) is 5.75 Å². The van der Waals surface area contributed by atoms with Gasteiger partial charge in [0.25, 0.3) is 0 Å². The molecule has 0 spiro atoms. The number of fused-ring (bicyclic) bond motifs is 1. The van der Waals surface area contributed by atoms with Gasteiger partial charge >= 0.3 is 0 Å². The maximum Gasteiger partial charge on any atom is 0.0295 e. The molecular formula is C14H22N2S. The van der Waals surface area contributed by atoms with Gasteiger partial charge in [-0.05, 0) is 55.6 Å². The van der Waals surface area contributed by atoms with Gasteiger partial charge in [0.1, 0.15) is 0 Å². The minimum absolute atomic E-state index is 0.137. The third-order valence-corrected chi connectivity index (χ3v) is 4.50. The molecule has 0 aliphatic carbocycles. The van der Waals surface area contributed by atoms with Gasteiger partial charge in [0.15, 0.2) is 0 Å². The molecule has 1 aromatic carbocycles. The molecule has 0 aromatic heterocycles. The molecule has 1 aliphatic heterocycles. The molecule has 2 atom stereocenters. The van der Waals surface area contributed by atoms with E-state index >= 15 is 0 Å². The van der Waals surface area contributed by atoms with Crippen LogP contribution in [0.3, 0.4) is 0 Å². The zero-order valence-corrected chi connectivity index (χ0v) is 11.3. The van der Waals surface area contributed by atoms with Gasteiger partial charge in [-0.3, -0.25) is 0 Å². The second-order valence-corrected chi connectivity index (χ2v) is 6.12. The van der Waals surface area contributed by atoms with Crippen molar-refractivity contribution in [1.82, 2.24) is 0 Å². The molecule has 1 aliphatic rings. The summed E-state index contributed by atoms with van der Waals surface area (Å²) < 4.78 is 0. The fourth-order valence-electron chi connectivity index (χ4n) is 2.22. The maximum absolute atomic E-state index is 6.21. The molecule has 17 heavy (non-hydrogen) atoms. The van der Waals surface area contributed by atoms with Crippen LogP contribution in [0.5, 0.6) is 0 Å². The lowest BCUT2D eigenvalue weighted by Crippen LogP contribution is -2.19. The zero-order valence-electron chi connectivity index (χ0n) is 10.5. The standard InChI is InChI=1S/C14H22N2S/c1-10(15)4-6-13(16)11-5-7-14-12(9-11)3-2-8-17-14/h5,7,9-10,13H,2-4,6,8,15-16H2,1H3. The summed E-state index contributed by atoms with van der Waals surface area (Å²) in [7, 11) is 0. The number of aryl methyl sites for hydroxylation is 1. The average molecular weight is 250 g/mol. The largest absolute Gasteiger partial charge is 0.328 e. The van der Waals surface area contributed by atoms with E-state index in [0.29, 0.717) is 0 Å². The van der Waals surface area contributed by atoms with Crippen molar-refractivity contribution in [3.05, 3.63) is 29.3 Å². The van der Waals surface area contributed by atoms with E-state index in [-0.39, 0.29) is 12.1 Å². The van der Waals surface area contributed by atoms with Crippen LogP contribution in [0, 0.1) is 0 Å². The zero-order chi connectivity index (χ0) is 12.3. The van der Waals surface area contributed by atoms with Gasteiger partial charge in [-0.25, -0.2) is 0 Å². The maximum atomic E-state index is 6.21. The van der Waals surface area contributed by atoms with Crippen molar-refractivity contribution in [1.29, 1.82) is 0 Å². The summed E-state index contributed by atoms with van der Waals surface area (Å²) in [6.45, 7) is 2.04. The number of rotatable bonds is 4. The molecule has 3 heteroatoms. The van der Waals surface area contributed by atoms with Crippen molar-refractivity contribution in [2.45, 2.75) is 49.6 Å². The normalized spacial score (nSPS) is 18.5. The first-order valence-corrected chi connectivity index (χ1v) is 7.42. The molecule has 0 amide bonds. The lowest BCUT2D eigenvalue weighted by Gasteiger charge is -2.19. The molecule has 2 rings (SSSR count). The van der Waals surface area contributed by atoms with Gasteiger partial charge in [0.2, 0.25) is 0 Å². The number of hydrogen-bond donors (Lipinski definition) is 2. The Balaban J connectivity index is 2.05. The highest BCUT2D eigenvalue weighted by molar-refractivity contribution is 7.99. The van der Waals surface area contributed by atoms with Gasteiger partial charge in [-0.15, -0.1) is 11.8 Å². The van der Waals surface area contributed by atoms with Crippen LogP contribution >= 0.6 is 11.8 Å². The predicted molar refractivity (Wildman–Crippen MR) is 75.3 cm³/mol. The van der Waals surface area contributed by atoms with Crippen LogP contribution in [0.4, 0.5) is 0 Å². The van der Waals surface area contributed by atoms with Crippen LogP contribution in [-0.2, 0) is 6.42 Å². The Hall–Kier alpha value is -0.510. The highest BCUT2D eigenvalue weighted by Crippen LogP contribution is 2.32. The summed E-state index contributed by atoms with van der Waals surface area (Å²) in [6, 6.07) is 7.10. The number of thioether (sulfide) groups is 1. The van der Waals surface area contributed by atoms with Crippen LogP contribution in [0.1, 0.15) is 43.4 Å². The smallest absolute Gasteiger partial charge is 0.0295 e. The monoisotopic (exact) mass is 250 g/mol. The number of nitrogens with two attached hydrogens (primary N) is 2. The molecule has 0 saturated heterocycles. The summed E-state index contributed by atoms with van der Waals surface area (Å²) in [4.78, 5) is 1.44. The first-order valence-electron chi connectivity index (χ1n) is 6.43. The Bertz CT molecular complexity index is 376. The van der Waals surface area contributed by atoms with E-state index in [1.165, 1.54) is 34.6 Å². The highest BCUT2D eigenvalue weighted by Gasteiger charge is 2.13. The molecular weight excluding hydrogens is 228 g/mol. The lowest BCUT2D eigenvalue weighted by atomic mass is 9.97. The minimum Gasteiger partial charge on any atom is -0.328 e. The molecule has 1 heterocycles. The first kappa shape index (κ1) is 12.9. The quantitative estimate of drug-likeness (QED) is 0.864. The Morgan fingerprint density at radius 3 is 2.88 bits per heavy atom. The molecule has 0 saturated carbocycles. The number of hydrogen-bond acceptors (Lipinski definition) is 3. The van der Waals surface area contributed by atoms with Crippen LogP contribution in [0.15, 0.2) is 23.1 Å². The third kappa shape index (κ3) is 3.47. The van der Waals surface area contributed by atoms with Gasteiger partial charge < -0.3 is 11.5 Å². The van der Waals surface area contributed by atoms with Crippen LogP contribution in [0.2, 0.25) is 0 Å². The van der Waals surface area contributed by atoms with Crippen molar-refractivity contribution >= 4 is 11.8 Å². The van der Waals surface area contributed by atoms with E-state index < -0.39 is 0 Å². The van der Waals surface area contributed by atoms with Gasteiger partial charge in [-0.1, -0.05) is 12.1 Å². The second kappa shape index (κ2) is 5.89. The van der Waals surface area contributed by atoms with E-state index in [0.717, 1.165) is 12.8 Å². The van der Waals surface area contributed by atoms with E-state index in [2.05, 4.69) is 18.2 Å². The first-order chi connectivity index (χ1) is 8.16. The van der Waals surface area contributed by atoms with Gasteiger partial charge in [-0.2, -0.15) is 0 Å². The summed E-state index contributed by atoms with van der Waals surface area (Å²) in [5, 5.41) is 0. The average Bonchev–Trinajstić information content (AvgIpc) is 2.35. The Morgan fingerprint density at radius 2 is 2.12 bits per heavy atom. The molecule has 4 N–H and O–H groups in total. The fourth-order valence-corrected chi connectivity index (χ4v) is 3.24. The Labute approximate surface area is 108 Å². The van der Waals surface area contributed by atoms with E-state index in [1.807, 2.05) is 18.7 Å². The Kier molecular flexibility index (Phi) is 4.48. The van der Waals surface area contributed by atoms with E-state index in [9.17, 15) is 0 Å². The fraction of sp³-hybridized carbons (Fsp3) is 0.571.